The zero-order valence-electron chi connectivity index (χ0n) is 12.5. The van der Waals surface area contributed by atoms with Gasteiger partial charge in [-0.1, -0.05) is 0 Å². The molecular weight excluding hydrogens is 272 g/mol. The van der Waals surface area contributed by atoms with E-state index in [2.05, 4.69) is 9.97 Å². The Balaban J connectivity index is 1.85. The molecular formula is C14H17BFN3O2. The second-order valence-corrected chi connectivity index (χ2v) is 6.13. The molecule has 0 bridgehead atoms. The van der Waals surface area contributed by atoms with Crippen molar-refractivity contribution >= 4 is 12.7 Å². The van der Waals surface area contributed by atoms with E-state index in [0.717, 1.165) is 0 Å². The van der Waals surface area contributed by atoms with Gasteiger partial charge in [0, 0.05) is 6.20 Å². The van der Waals surface area contributed by atoms with Gasteiger partial charge in [0.25, 0.3) is 0 Å². The summed E-state index contributed by atoms with van der Waals surface area (Å²) < 4.78 is 26.5. The van der Waals surface area contributed by atoms with E-state index in [1.165, 1.54) is 12.3 Å². The van der Waals surface area contributed by atoms with Crippen LogP contribution in [0.3, 0.4) is 0 Å². The SMILES string of the molecule is CC1(C)OB(c2cn(-c3ccc(F)cn3)cn2)OC1(C)C. The summed E-state index contributed by atoms with van der Waals surface area (Å²) in [6.07, 6.45) is 4.56. The third kappa shape index (κ3) is 2.47. The quantitative estimate of drug-likeness (QED) is 0.790. The van der Waals surface area contributed by atoms with E-state index in [0.29, 0.717) is 11.4 Å². The van der Waals surface area contributed by atoms with Crippen LogP contribution in [-0.2, 0) is 9.31 Å². The lowest BCUT2D eigenvalue weighted by molar-refractivity contribution is 0.00578. The highest BCUT2D eigenvalue weighted by atomic mass is 19.1. The number of imidazole rings is 1. The van der Waals surface area contributed by atoms with Crippen molar-refractivity contribution in [2.75, 3.05) is 0 Å². The van der Waals surface area contributed by atoms with Crippen LogP contribution in [0.2, 0.25) is 0 Å². The van der Waals surface area contributed by atoms with Gasteiger partial charge in [-0.15, -0.1) is 0 Å². The first-order chi connectivity index (χ1) is 9.78. The van der Waals surface area contributed by atoms with Crippen LogP contribution in [0.4, 0.5) is 4.39 Å². The molecule has 0 atom stereocenters. The molecule has 0 amide bonds. The van der Waals surface area contributed by atoms with Crippen LogP contribution in [0.5, 0.6) is 0 Å². The number of hydrogen-bond donors (Lipinski definition) is 0. The van der Waals surface area contributed by atoms with Crippen molar-refractivity contribution in [1.29, 1.82) is 0 Å². The average molecular weight is 289 g/mol. The summed E-state index contributed by atoms with van der Waals surface area (Å²) in [5.74, 6) is 0.219. The Morgan fingerprint density at radius 1 is 1.10 bits per heavy atom. The molecule has 110 valence electrons. The molecule has 0 spiro atoms. The fraction of sp³-hybridized carbons (Fsp3) is 0.429. The largest absolute Gasteiger partial charge is 0.516 e. The Morgan fingerprint density at radius 2 is 1.76 bits per heavy atom. The molecule has 0 N–H and O–H groups in total. The van der Waals surface area contributed by atoms with Gasteiger partial charge in [-0.05, 0) is 39.8 Å². The lowest BCUT2D eigenvalue weighted by Gasteiger charge is -2.32. The summed E-state index contributed by atoms with van der Waals surface area (Å²) in [6.45, 7) is 7.97. The van der Waals surface area contributed by atoms with Gasteiger partial charge in [0.05, 0.1) is 29.3 Å². The zero-order valence-corrected chi connectivity index (χ0v) is 12.5. The third-order valence-corrected chi connectivity index (χ3v) is 4.07. The molecule has 0 unspecified atom stereocenters. The molecule has 7 heteroatoms. The van der Waals surface area contributed by atoms with Crippen molar-refractivity contribution in [2.45, 2.75) is 38.9 Å². The molecule has 0 radical (unpaired) electrons. The summed E-state index contributed by atoms with van der Waals surface area (Å²) in [5.41, 5.74) is -0.148. The van der Waals surface area contributed by atoms with Gasteiger partial charge < -0.3 is 9.31 Å². The predicted octanol–water partition coefficient (Wildman–Crippen LogP) is 1.71. The molecule has 1 fully saturated rings. The van der Waals surface area contributed by atoms with E-state index in [1.807, 2.05) is 27.7 Å². The van der Waals surface area contributed by atoms with Crippen molar-refractivity contribution in [3.05, 3.63) is 36.7 Å². The van der Waals surface area contributed by atoms with Crippen LogP contribution in [0, 0.1) is 5.82 Å². The fourth-order valence-corrected chi connectivity index (χ4v) is 2.07. The molecule has 1 aliphatic heterocycles. The normalized spacial score (nSPS) is 20.0. The lowest BCUT2D eigenvalue weighted by Crippen LogP contribution is -2.41. The fourth-order valence-electron chi connectivity index (χ4n) is 2.07. The van der Waals surface area contributed by atoms with E-state index in [4.69, 9.17) is 9.31 Å². The molecule has 21 heavy (non-hydrogen) atoms. The Hall–Kier alpha value is -1.73. The van der Waals surface area contributed by atoms with Crippen LogP contribution >= 0.6 is 0 Å². The van der Waals surface area contributed by atoms with Crippen LogP contribution < -0.4 is 5.59 Å². The van der Waals surface area contributed by atoms with E-state index >= 15 is 0 Å². The number of hydrogen-bond acceptors (Lipinski definition) is 4. The second kappa shape index (κ2) is 4.64. The molecule has 5 nitrogen and oxygen atoms in total. The first kappa shape index (κ1) is 14.2. The van der Waals surface area contributed by atoms with Crippen molar-refractivity contribution in [1.82, 2.24) is 14.5 Å². The Kier molecular flexibility index (Phi) is 3.14. The van der Waals surface area contributed by atoms with Gasteiger partial charge >= 0.3 is 7.12 Å². The summed E-state index contributed by atoms with van der Waals surface area (Å²) in [6, 6.07) is 2.95. The molecule has 3 rings (SSSR count). The van der Waals surface area contributed by atoms with Gasteiger partial charge in [-0.2, -0.15) is 0 Å². The number of halogens is 1. The highest BCUT2D eigenvalue weighted by Gasteiger charge is 2.52. The van der Waals surface area contributed by atoms with Crippen molar-refractivity contribution in [3.8, 4) is 5.82 Å². The minimum Gasteiger partial charge on any atom is -0.398 e. The monoisotopic (exact) mass is 289 g/mol. The Bertz CT molecular complexity index is 638. The topological polar surface area (TPSA) is 49.2 Å². The Morgan fingerprint density at radius 3 is 2.33 bits per heavy atom. The predicted molar refractivity (Wildman–Crippen MR) is 77.0 cm³/mol. The lowest BCUT2D eigenvalue weighted by atomic mass is 9.86. The second-order valence-electron chi connectivity index (χ2n) is 6.13. The summed E-state index contributed by atoms with van der Waals surface area (Å²) in [4.78, 5) is 8.32. The molecule has 0 aliphatic carbocycles. The molecule has 2 aromatic rings. The van der Waals surface area contributed by atoms with Crippen LogP contribution in [0.15, 0.2) is 30.9 Å². The van der Waals surface area contributed by atoms with Crippen LogP contribution in [0.1, 0.15) is 27.7 Å². The smallest absolute Gasteiger partial charge is 0.398 e. The number of pyridine rings is 1. The Labute approximate surface area is 123 Å². The van der Waals surface area contributed by atoms with Gasteiger partial charge in [0.15, 0.2) is 0 Å². The van der Waals surface area contributed by atoms with Gasteiger partial charge in [-0.3, -0.25) is 4.57 Å². The molecule has 0 aromatic carbocycles. The number of nitrogens with zero attached hydrogens (tertiary/aromatic N) is 3. The number of rotatable bonds is 2. The van der Waals surface area contributed by atoms with E-state index in [1.54, 1.807) is 23.2 Å². The third-order valence-electron chi connectivity index (χ3n) is 4.07. The highest BCUT2D eigenvalue weighted by molar-refractivity contribution is 6.61. The van der Waals surface area contributed by atoms with Gasteiger partial charge in [-0.25, -0.2) is 14.4 Å². The molecule has 1 aliphatic rings. The summed E-state index contributed by atoms with van der Waals surface area (Å²) >= 11 is 0. The maximum atomic E-state index is 12.9. The van der Waals surface area contributed by atoms with Crippen molar-refractivity contribution in [2.24, 2.45) is 0 Å². The van der Waals surface area contributed by atoms with E-state index < -0.39 is 18.3 Å². The maximum Gasteiger partial charge on any atom is 0.516 e. The first-order valence-electron chi connectivity index (χ1n) is 6.80. The minimum absolute atomic E-state index is 0.370. The molecule has 2 aromatic heterocycles. The summed E-state index contributed by atoms with van der Waals surface area (Å²) in [5, 5.41) is 0. The average Bonchev–Trinajstić information content (AvgIpc) is 2.94. The minimum atomic E-state index is -0.517. The number of aromatic nitrogens is 3. The van der Waals surface area contributed by atoms with Crippen molar-refractivity contribution in [3.63, 3.8) is 0 Å². The van der Waals surface area contributed by atoms with E-state index in [9.17, 15) is 4.39 Å². The van der Waals surface area contributed by atoms with Gasteiger partial charge in [0.2, 0.25) is 0 Å². The molecule has 0 saturated carbocycles. The van der Waals surface area contributed by atoms with Gasteiger partial charge in [0.1, 0.15) is 11.6 Å². The maximum absolute atomic E-state index is 12.9. The molecule has 1 saturated heterocycles. The molecule has 3 heterocycles. The van der Waals surface area contributed by atoms with Crippen molar-refractivity contribution < 1.29 is 13.7 Å². The van der Waals surface area contributed by atoms with Crippen LogP contribution in [-0.4, -0.2) is 32.9 Å². The highest BCUT2D eigenvalue weighted by Crippen LogP contribution is 2.36. The van der Waals surface area contributed by atoms with Crippen LogP contribution in [0.25, 0.3) is 5.82 Å². The first-order valence-corrected chi connectivity index (χ1v) is 6.80. The summed E-state index contributed by atoms with van der Waals surface area (Å²) in [7, 11) is -0.517. The van der Waals surface area contributed by atoms with E-state index in [-0.39, 0.29) is 5.82 Å². The standard InChI is InChI=1S/C14H17BFN3O2/c1-13(2)14(3,4)21-15(20-13)11-8-19(9-18-11)12-6-5-10(16)7-17-12/h5-9H,1-4H3. The zero-order chi connectivity index (χ0) is 15.3.